The van der Waals surface area contributed by atoms with Crippen molar-refractivity contribution < 1.29 is 4.42 Å². The Balaban J connectivity index is 1.87. The number of fused-ring (bicyclic) bond motifs is 4. The number of hydrogen-bond donors (Lipinski definition) is 0. The van der Waals surface area contributed by atoms with Gasteiger partial charge in [-0.05, 0) is 35.9 Å². The van der Waals surface area contributed by atoms with Gasteiger partial charge in [0.05, 0.1) is 5.52 Å². The van der Waals surface area contributed by atoms with E-state index in [9.17, 15) is 0 Å². The zero-order chi connectivity index (χ0) is 16.1. The van der Waals surface area contributed by atoms with Crippen LogP contribution in [0.15, 0.2) is 65.2 Å². The maximum atomic E-state index is 6.16. The average Bonchev–Trinajstić information content (AvgIpc) is 2.99. The molecule has 3 aromatic heterocycles. The number of hydrogen-bond acceptors (Lipinski definition) is 4. The monoisotopic (exact) mass is 331 g/mol. The van der Waals surface area contributed by atoms with Crippen LogP contribution in [0, 0.1) is 0 Å². The Morgan fingerprint density at radius 3 is 2.71 bits per heavy atom. The van der Waals surface area contributed by atoms with Crippen molar-refractivity contribution in [2.45, 2.75) is 0 Å². The van der Waals surface area contributed by atoms with Gasteiger partial charge in [0.2, 0.25) is 5.28 Å². The first-order valence-corrected chi connectivity index (χ1v) is 7.87. The molecule has 0 N–H and O–H groups in total. The molecule has 5 heteroatoms. The quantitative estimate of drug-likeness (QED) is 0.394. The largest absolute Gasteiger partial charge is 0.452 e. The molecule has 5 aromatic rings. The lowest BCUT2D eigenvalue weighted by molar-refractivity contribution is 0.667. The van der Waals surface area contributed by atoms with Crippen molar-refractivity contribution >= 4 is 44.6 Å². The molecule has 0 aliphatic heterocycles. The summed E-state index contributed by atoms with van der Waals surface area (Å²) in [6.07, 6.45) is 1.79. The Morgan fingerprint density at radius 1 is 0.917 bits per heavy atom. The summed E-state index contributed by atoms with van der Waals surface area (Å²) in [6, 6.07) is 17.7. The molecular formula is C19H10ClN3O. The van der Waals surface area contributed by atoms with Gasteiger partial charge in [0.25, 0.3) is 0 Å². The predicted molar refractivity (Wildman–Crippen MR) is 95.1 cm³/mol. The Bertz CT molecular complexity index is 1230. The van der Waals surface area contributed by atoms with Crippen molar-refractivity contribution in [1.29, 1.82) is 0 Å². The fraction of sp³-hybridized carbons (Fsp3) is 0. The number of pyridine rings is 1. The van der Waals surface area contributed by atoms with E-state index in [2.05, 4.69) is 15.0 Å². The van der Waals surface area contributed by atoms with Crippen molar-refractivity contribution in [3.63, 3.8) is 0 Å². The second-order valence-electron chi connectivity index (χ2n) is 5.53. The second kappa shape index (κ2) is 5.01. The molecule has 2 aromatic carbocycles. The van der Waals surface area contributed by atoms with Gasteiger partial charge in [0, 0.05) is 22.5 Å². The zero-order valence-electron chi connectivity index (χ0n) is 12.4. The average molecular weight is 332 g/mol. The van der Waals surface area contributed by atoms with Crippen molar-refractivity contribution in [1.82, 2.24) is 15.0 Å². The van der Waals surface area contributed by atoms with Crippen LogP contribution in [0.5, 0.6) is 0 Å². The zero-order valence-corrected chi connectivity index (χ0v) is 13.2. The maximum absolute atomic E-state index is 6.16. The molecule has 114 valence electrons. The van der Waals surface area contributed by atoms with Gasteiger partial charge >= 0.3 is 0 Å². The van der Waals surface area contributed by atoms with E-state index in [-0.39, 0.29) is 5.28 Å². The molecule has 0 fully saturated rings. The second-order valence-corrected chi connectivity index (χ2v) is 5.87. The topological polar surface area (TPSA) is 51.8 Å². The third kappa shape index (κ3) is 1.97. The molecule has 3 heterocycles. The molecule has 0 amide bonds. The molecule has 0 saturated heterocycles. The normalized spacial score (nSPS) is 11.5. The van der Waals surface area contributed by atoms with Gasteiger partial charge in [-0.1, -0.05) is 30.3 Å². The Hall–Kier alpha value is -2.98. The first kappa shape index (κ1) is 13.5. The Kier molecular flexibility index (Phi) is 2.81. The third-order valence-electron chi connectivity index (χ3n) is 4.06. The minimum atomic E-state index is 0.192. The predicted octanol–water partition coefficient (Wildman–Crippen LogP) is 5.24. The highest BCUT2D eigenvalue weighted by Crippen LogP contribution is 2.34. The fourth-order valence-corrected chi connectivity index (χ4v) is 3.13. The van der Waals surface area contributed by atoms with Gasteiger partial charge in [-0.15, -0.1) is 0 Å². The summed E-state index contributed by atoms with van der Waals surface area (Å²) in [6.45, 7) is 0. The highest BCUT2D eigenvalue weighted by molar-refractivity contribution is 6.29. The minimum absolute atomic E-state index is 0.192. The van der Waals surface area contributed by atoms with Crippen LogP contribution in [0.3, 0.4) is 0 Å². The van der Waals surface area contributed by atoms with Crippen molar-refractivity contribution in [2.75, 3.05) is 0 Å². The van der Waals surface area contributed by atoms with Crippen LogP contribution in [-0.2, 0) is 0 Å². The van der Waals surface area contributed by atoms with Crippen LogP contribution in [0.2, 0.25) is 5.28 Å². The fourth-order valence-electron chi connectivity index (χ4n) is 2.96. The van der Waals surface area contributed by atoms with Gasteiger partial charge in [-0.25, -0.2) is 9.97 Å². The first-order valence-electron chi connectivity index (χ1n) is 7.49. The van der Waals surface area contributed by atoms with Gasteiger partial charge in [-0.3, -0.25) is 4.98 Å². The number of furan rings is 1. The summed E-state index contributed by atoms with van der Waals surface area (Å²) in [5, 5.41) is 2.15. The molecule has 0 radical (unpaired) electrons. The minimum Gasteiger partial charge on any atom is -0.452 e. The molecule has 0 bridgehead atoms. The van der Waals surface area contributed by atoms with E-state index in [1.165, 1.54) is 0 Å². The van der Waals surface area contributed by atoms with E-state index < -0.39 is 0 Å². The summed E-state index contributed by atoms with van der Waals surface area (Å²) < 4.78 is 5.99. The number of halogens is 1. The van der Waals surface area contributed by atoms with E-state index in [0.717, 1.165) is 27.4 Å². The molecule has 5 rings (SSSR count). The maximum Gasteiger partial charge on any atom is 0.223 e. The van der Waals surface area contributed by atoms with E-state index >= 15 is 0 Å². The van der Waals surface area contributed by atoms with Crippen molar-refractivity contribution in [3.05, 3.63) is 66.1 Å². The summed E-state index contributed by atoms with van der Waals surface area (Å²) >= 11 is 6.16. The van der Waals surface area contributed by atoms with Crippen LogP contribution in [0.4, 0.5) is 0 Å². The van der Waals surface area contributed by atoms with E-state index in [1.54, 1.807) is 6.20 Å². The standard InChI is InChI=1S/C19H10ClN3O/c20-19-22-16(12-9-11-5-1-3-7-14(11)21-10-12)18-17(23-19)13-6-2-4-8-15(13)24-18/h1-10H. The lowest BCUT2D eigenvalue weighted by Gasteiger charge is -2.04. The lowest BCUT2D eigenvalue weighted by Crippen LogP contribution is -1.90. The van der Waals surface area contributed by atoms with Crippen molar-refractivity contribution in [2.24, 2.45) is 0 Å². The van der Waals surface area contributed by atoms with Gasteiger partial charge in [0.1, 0.15) is 16.8 Å². The van der Waals surface area contributed by atoms with E-state index in [1.807, 2.05) is 54.6 Å². The number of para-hydroxylation sites is 2. The molecule has 24 heavy (non-hydrogen) atoms. The summed E-state index contributed by atoms with van der Waals surface area (Å²) in [7, 11) is 0. The highest BCUT2D eigenvalue weighted by Gasteiger charge is 2.16. The summed E-state index contributed by atoms with van der Waals surface area (Å²) in [5.74, 6) is 0. The van der Waals surface area contributed by atoms with Crippen LogP contribution in [0.25, 0.3) is 44.2 Å². The van der Waals surface area contributed by atoms with Crippen LogP contribution < -0.4 is 0 Å². The summed E-state index contributed by atoms with van der Waals surface area (Å²) in [5.41, 5.74) is 4.54. The molecule has 0 spiro atoms. The SMILES string of the molecule is Clc1nc(-c2cnc3ccccc3c2)c2oc3ccccc3c2n1. The molecule has 0 saturated carbocycles. The first-order chi connectivity index (χ1) is 11.8. The number of rotatable bonds is 1. The van der Waals surface area contributed by atoms with Gasteiger partial charge in [-0.2, -0.15) is 0 Å². The van der Waals surface area contributed by atoms with Crippen LogP contribution in [-0.4, -0.2) is 15.0 Å². The highest BCUT2D eigenvalue weighted by atomic mass is 35.5. The molecule has 0 atom stereocenters. The van der Waals surface area contributed by atoms with Crippen molar-refractivity contribution in [3.8, 4) is 11.3 Å². The molecule has 0 unspecified atom stereocenters. The van der Waals surface area contributed by atoms with E-state index in [0.29, 0.717) is 16.8 Å². The van der Waals surface area contributed by atoms with Crippen LogP contribution >= 0.6 is 11.6 Å². The van der Waals surface area contributed by atoms with Crippen LogP contribution in [0.1, 0.15) is 0 Å². The van der Waals surface area contributed by atoms with Gasteiger partial charge in [0.15, 0.2) is 5.58 Å². The van der Waals surface area contributed by atoms with Gasteiger partial charge < -0.3 is 4.42 Å². The molecular weight excluding hydrogens is 322 g/mol. The number of nitrogens with zero attached hydrogens (tertiary/aromatic N) is 3. The lowest BCUT2D eigenvalue weighted by atomic mass is 10.1. The molecule has 0 aliphatic rings. The number of aromatic nitrogens is 3. The summed E-state index contributed by atoms with van der Waals surface area (Å²) in [4.78, 5) is 13.2. The van der Waals surface area contributed by atoms with E-state index in [4.69, 9.17) is 16.0 Å². The molecule has 4 nitrogen and oxygen atoms in total. The number of benzene rings is 2. The smallest absolute Gasteiger partial charge is 0.223 e. The Morgan fingerprint density at radius 2 is 1.75 bits per heavy atom. The molecule has 0 aliphatic carbocycles. The third-order valence-corrected chi connectivity index (χ3v) is 4.23. The Labute approximate surface area is 141 Å².